The minimum Gasteiger partial charge on any atom is -0.393 e. The van der Waals surface area contributed by atoms with Gasteiger partial charge in [-0.05, 0) is 76.0 Å². The second kappa shape index (κ2) is 19.8. The van der Waals surface area contributed by atoms with Gasteiger partial charge in [0.25, 0.3) is 0 Å². The second-order valence-corrected chi connectivity index (χ2v) is 9.53. The van der Waals surface area contributed by atoms with E-state index in [2.05, 4.69) is 51.7 Å². The molecule has 0 spiro atoms. The summed E-state index contributed by atoms with van der Waals surface area (Å²) in [7, 11) is 0. The highest BCUT2D eigenvalue weighted by Crippen LogP contribution is 2.18. The summed E-state index contributed by atoms with van der Waals surface area (Å²) < 4.78 is 0. The average Bonchev–Trinajstić information content (AvgIpc) is 2.68. The fraction of sp³-hybridized carbons (Fsp3) is 0.750. The highest BCUT2D eigenvalue weighted by molar-refractivity contribution is 5.78. The molecule has 0 aromatic rings. The summed E-state index contributed by atoms with van der Waals surface area (Å²) in [6, 6.07) is 0. The maximum Gasteiger partial charge on any atom is 0.132 e. The molecule has 0 aromatic heterocycles. The number of aliphatic hydroxyl groups is 1. The number of hydrogen-bond donors (Lipinski definition) is 1. The summed E-state index contributed by atoms with van der Waals surface area (Å²) in [6.07, 6.45) is 22.6. The monoisotopic (exact) mass is 418 g/mol. The van der Waals surface area contributed by atoms with Gasteiger partial charge in [0.2, 0.25) is 0 Å². The molecule has 0 saturated carbocycles. The largest absolute Gasteiger partial charge is 0.393 e. The van der Waals surface area contributed by atoms with Crippen LogP contribution in [0.25, 0.3) is 0 Å². The van der Waals surface area contributed by atoms with E-state index in [9.17, 15) is 9.90 Å². The third kappa shape index (κ3) is 20.1. The molecule has 0 saturated heterocycles. The van der Waals surface area contributed by atoms with Gasteiger partial charge < -0.3 is 5.11 Å². The van der Waals surface area contributed by atoms with Crippen LogP contribution in [0.3, 0.4) is 0 Å². The average molecular weight is 419 g/mol. The number of carbonyl (C=O) groups excluding carboxylic acids is 1. The molecular formula is C28H50O2. The molecule has 0 aliphatic carbocycles. The Morgan fingerprint density at radius 1 is 0.900 bits per heavy atom. The lowest BCUT2D eigenvalue weighted by Crippen LogP contribution is -2.04. The zero-order valence-electron chi connectivity index (χ0n) is 20.5. The quantitative estimate of drug-likeness (QED) is 0.122. The van der Waals surface area contributed by atoms with Gasteiger partial charge in [-0.3, -0.25) is 4.79 Å². The van der Waals surface area contributed by atoms with E-state index < -0.39 is 0 Å². The maximum atomic E-state index is 12.0. The lowest BCUT2D eigenvalue weighted by Gasteiger charge is -2.13. The fourth-order valence-corrected chi connectivity index (χ4v) is 3.85. The van der Waals surface area contributed by atoms with E-state index in [1.807, 2.05) is 6.92 Å². The van der Waals surface area contributed by atoms with E-state index in [1.54, 1.807) is 0 Å². The van der Waals surface area contributed by atoms with Crippen molar-refractivity contribution in [2.45, 2.75) is 124 Å². The van der Waals surface area contributed by atoms with Gasteiger partial charge in [0.05, 0.1) is 6.10 Å². The van der Waals surface area contributed by atoms with Crippen molar-refractivity contribution in [2.24, 2.45) is 11.8 Å². The van der Waals surface area contributed by atoms with Crippen LogP contribution < -0.4 is 0 Å². The first-order valence-corrected chi connectivity index (χ1v) is 12.5. The third-order valence-corrected chi connectivity index (χ3v) is 5.63. The summed E-state index contributed by atoms with van der Waals surface area (Å²) in [5.74, 6) is 2.02. The van der Waals surface area contributed by atoms with Gasteiger partial charge in [0.15, 0.2) is 0 Å². The first-order valence-electron chi connectivity index (χ1n) is 12.5. The van der Waals surface area contributed by atoms with Crippen LogP contribution in [0.1, 0.15) is 118 Å². The van der Waals surface area contributed by atoms with Crippen molar-refractivity contribution in [3.05, 3.63) is 36.5 Å². The van der Waals surface area contributed by atoms with E-state index in [-0.39, 0.29) is 6.10 Å². The molecule has 1 N–H and O–H groups in total. The number of ketones is 1. The number of unbranched alkanes of at least 4 members (excludes halogenated alkanes) is 4. The van der Waals surface area contributed by atoms with Crippen LogP contribution in [-0.2, 0) is 4.79 Å². The molecular weight excluding hydrogens is 368 g/mol. The van der Waals surface area contributed by atoms with Gasteiger partial charge in [-0.1, -0.05) is 77.0 Å². The number of rotatable bonds is 20. The van der Waals surface area contributed by atoms with Crippen molar-refractivity contribution in [2.75, 3.05) is 0 Å². The Morgan fingerprint density at radius 2 is 1.50 bits per heavy atom. The van der Waals surface area contributed by atoms with Crippen LogP contribution in [0.4, 0.5) is 0 Å². The first-order chi connectivity index (χ1) is 14.3. The van der Waals surface area contributed by atoms with Crippen LogP contribution >= 0.6 is 0 Å². The third-order valence-electron chi connectivity index (χ3n) is 5.63. The Balaban J connectivity index is 3.54. The van der Waals surface area contributed by atoms with Crippen LogP contribution in [0.5, 0.6) is 0 Å². The zero-order valence-corrected chi connectivity index (χ0v) is 20.5. The molecule has 0 heterocycles. The van der Waals surface area contributed by atoms with Crippen molar-refractivity contribution in [1.82, 2.24) is 0 Å². The van der Waals surface area contributed by atoms with Gasteiger partial charge >= 0.3 is 0 Å². The molecule has 2 nitrogen and oxygen atoms in total. The van der Waals surface area contributed by atoms with Gasteiger partial charge in [-0.25, -0.2) is 0 Å². The van der Waals surface area contributed by atoms with Crippen molar-refractivity contribution < 1.29 is 9.90 Å². The van der Waals surface area contributed by atoms with E-state index in [4.69, 9.17) is 0 Å². The predicted molar refractivity (Wildman–Crippen MR) is 133 cm³/mol. The van der Waals surface area contributed by atoms with E-state index in [1.165, 1.54) is 19.3 Å². The summed E-state index contributed by atoms with van der Waals surface area (Å²) in [5.41, 5.74) is 1.16. The summed E-state index contributed by atoms with van der Waals surface area (Å²) in [4.78, 5) is 12.0. The van der Waals surface area contributed by atoms with Crippen molar-refractivity contribution in [3.63, 3.8) is 0 Å². The zero-order chi connectivity index (χ0) is 22.6. The summed E-state index contributed by atoms with van der Waals surface area (Å²) >= 11 is 0. The van der Waals surface area contributed by atoms with Crippen LogP contribution in [0.2, 0.25) is 0 Å². The first kappa shape index (κ1) is 28.9. The Labute approximate surface area is 187 Å². The Bertz CT molecular complexity index is 487. The smallest absolute Gasteiger partial charge is 0.132 e. The normalized spacial score (nSPS) is 14.1. The molecule has 30 heavy (non-hydrogen) atoms. The molecule has 2 heteroatoms. The molecule has 0 rings (SSSR count). The van der Waals surface area contributed by atoms with Crippen LogP contribution in [0.15, 0.2) is 36.5 Å². The second-order valence-electron chi connectivity index (χ2n) is 9.53. The number of aliphatic hydroxyl groups excluding tert-OH is 1. The topological polar surface area (TPSA) is 37.3 Å². The van der Waals surface area contributed by atoms with E-state index >= 15 is 0 Å². The number of allylic oxidation sites excluding steroid dienone is 4. The molecule has 0 aliphatic rings. The lowest BCUT2D eigenvalue weighted by atomic mass is 9.93. The van der Waals surface area contributed by atoms with Gasteiger partial charge in [0, 0.05) is 12.8 Å². The molecule has 0 aliphatic heterocycles. The minimum atomic E-state index is -0.227. The predicted octanol–water partition coefficient (Wildman–Crippen LogP) is 8.36. The maximum absolute atomic E-state index is 12.0. The summed E-state index contributed by atoms with van der Waals surface area (Å²) in [5, 5.41) is 9.61. The molecule has 0 amide bonds. The molecule has 174 valence electrons. The van der Waals surface area contributed by atoms with Crippen molar-refractivity contribution >= 4 is 5.78 Å². The SMILES string of the molecule is C=C(CCC/C=C/C=C/CCCCC(=O)CCCC[C@H](C)CC(C)C)C[C@H](O)CC. The Morgan fingerprint density at radius 3 is 2.10 bits per heavy atom. The number of hydrogen-bond acceptors (Lipinski definition) is 2. The fourth-order valence-electron chi connectivity index (χ4n) is 3.85. The molecule has 0 bridgehead atoms. The van der Waals surface area contributed by atoms with Crippen LogP contribution in [-0.4, -0.2) is 17.0 Å². The molecule has 0 aromatic carbocycles. The van der Waals surface area contributed by atoms with E-state index in [0.717, 1.165) is 88.0 Å². The standard InChI is InChI=1S/C28H50O2/c1-6-27(29)23-26(5)18-14-12-10-8-7-9-11-13-15-20-28(30)21-17-16-19-25(4)22-24(2)3/h7-10,24-25,27,29H,5-6,11-23H2,1-4H3/b9-7+,10-8+/t25-,27+/m0/s1. The van der Waals surface area contributed by atoms with Crippen LogP contribution in [0, 0.1) is 11.8 Å². The Kier molecular flexibility index (Phi) is 19.0. The number of carbonyl (C=O) groups is 1. The molecule has 0 radical (unpaired) electrons. The summed E-state index contributed by atoms with van der Waals surface area (Å²) in [6.45, 7) is 13.0. The highest BCUT2D eigenvalue weighted by atomic mass is 16.3. The van der Waals surface area contributed by atoms with Gasteiger partial charge in [0.1, 0.15) is 5.78 Å². The van der Waals surface area contributed by atoms with Gasteiger partial charge in [-0.15, -0.1) is 0 Å². The van der Waals surface area contributed by atoms with Gasteiger partial charge in [-0.2, -0.15) is 0 Å². The molecule has 0 unspecified atom stereocenters. The Hall–Kier alpha value is -1.15. The molecule has 0 fully saturated rings. The minimum absolute atomic E-state index is 0.227. The lowest BCUT2D eigenvalue weighted by molar-refractivity contribution is -0.119. The molecule has 2 atom stereocenters. The number of Topliss-reactive ketones (excluding diaryl/α,β-unsaturated/α-hetero) is 1. The van der Waals surface area contributed by atoms with Crippen molar-refractivity contribution in [1.29, 1.82) is 0 Å². The van der Waals surface area contributed by atoms with E-state index in [0.29, 0.717) is 5.78 Å². The van der Waals surface area contributed by atoms with Crippen molar-refractivity contribution in [3.8, 4) is 0 Å². The highest BCUT2D eigenvalue weighted by Gasteiger charge is 2.06.